The Labute approximate surface area is 112 Å². The minimum absolute atomic E-state index is 0.0378. The van der Waals surface area contributed by atoms with Crippen LogP contribution in [0.3, 0.4) is 0 Å². The number of hydrogen-bond acceptors (Lipinski definition) is 1. The molecule has 0 saturated heterocycles. The van der Waals surface area contributed by atoms with E-state index >= 15 is 0 Å². The standard InChI is InChI=1S/C14H20F3NO/c1-3-7-10(4-2)18-13(19)11-8-5-6-9-12(11)14(15,16)17/h2,10-12H,3,5-9H2,1H3,(H,18,19). The summed E-state index contributed by atoms with van der Waals surface area (Å²) in [5.41, 5.74) is 0. The van der Waals surface area contributed by atoms with Crippen LogP contribution in [0.4, 0.5) is 13.2 Å². The first kappa shape index (κ1) is 15.9. The van der Waals surface area contributed by atoms with Gasteiger partial charge in [0.25, 0.3) is 0 Å². The normalized spacial score (nSPS) is 25.4. The number of halogens is 3. The van der Waals surface area contributed by atoms with Crippen LogP contribution < -0.4 is 5.32 Å². The quantitative estimate of drug-likeness (QED) is 0.784. The highest BCUT2D eigenvalue weighted by molar-refractivity contribution is 5.79. The fourth-order valence-corrected chi connectivity index (χ4v) is 2.60. The number of terminal acetylenes is 1. The maximum absolute atomic E-state index is 12.9. The van der Waals surface area contributed by atoms with Crippen molar-refractivity contribution >= 4 is 5.91 Å². The Morgan fingerprint density at radius 2 is 2.05 bits per heavy atom. The summed E-state index contributed by atoms with van der Waals surface area (Å²) in [7, 11) is 0. The van der Waals surface area contributed by atoms with Crippen molar-refractivity contribution in [2.45, 2.75) is 57.7 Å². The monoisotopic (exact) mass is 275 g/mol. The summed E-state index contributed by atoms with van der Waals surface area (Å²) < 4.78 is 38.7. The molecule has 1 amide bonds. The van der Waals surface area contributed by atoms with Gasteiger partial charge in [0.2, 0.25) is 5.91 Å². The van der Waals surface area contributed by atoms with Gasteiger partial charge in [-0.05, 0) is 19.3 Å². The van der Waals surface area contributed by atoms with Crippen LogP contribution in [0.2, 0.25) is 0 Å². The molecule has 0 aromatic carbocycles. The molecule has 1 aliphatic carbocycles. The lowest BCUT2D eigenvalue weighted by atomic mass is 9.78. The van der Waals surface area contributed by atoms with E-state index in [0.717, 1.165) is 6.42 Å². The fourth-order valence-electron chi connectivity index (χ4n) is 2.60. The molecule has 1 aliphatic rings. The number of amides is 1. The van der Waals surface area contributed by atoms with Gasteiger partial charge in [0.15, 0.2) is 0 Å². The zero-order chi connectivity index (χ0) is 14.5. The third-order valence-corrected chi connectivity index (χ3v) is 3.62. The molecule has 3 unspecified atom stereocenters. The van der Waals surface area contributed by atoms with Gasteiger partial charge in [0.1, 0.15) is 0 Å². The summed E-state index contributed by atoms with van der Waals surface area (Å²) in [4.78, 5) is 12.0. The topological polar surface area (TPSA) is 29.1 Å². The first-order valence-corrected chi connectivity index (χ1v) is 6.73. The summed E-state index contributed by atoms with van der Waals surface area (Å²) in [5.74, 6) is -0.641. The van der Waals surface area contributed by atoms with Crippen LogP contribution in [-0.4, -0.2) is 18.1 Å². The van der Waals surface area contributed by atoms with Gasteiger partial charge in [-0.2, -0.15) is 13.2 Å². The van der Waals surface area contributed by atoms with Gasteiger partial charge in [0, 0.05) is 5.92 Å². The Bertz CT molecular complexity index is 346. The molecule has 1 N–H and O–H groups in total. The fraction of sp³-hybridized carbons (Fsp3) is 0.786. The highest BCUT2D eigenvalue weighted by Gasteiger charge is 2.48. The lowest BCUT2D eigenvalue weighted by Gasteiger charge is -2.32. The van der Waals surface area contributed by atoms with E-state index in [1.807, 2.05) is 6.92 Å². The zero-order valence-corrected chi connectivity index (χ0v) is 11.1. The second-order valence-electron chi connectivity index (χ2n) is 5.06. The molecule has 0 heterocycles. The number of rotatable bonds is 4. The molecule has 0 bridgehead atoms. The van der Waals surface area contributed by atoms with Crippen LogP contribution in [0.1, 0.15) is 45.4 Å². The minimum Gasteiger partial charge on any atom is -0.342 e. The summed E-state index contributed by atoms with van der Waals surface area (Å²) in [5, 5.41) is 2.56. The van der Waals surface area contributed by atoms with Crippen molar-refractivity contribution in [1.82, 2.24) is 5.32 Å². The SMILES string of the molecule is C#CC(CCC)NC(=O)C1CCCCC1C(F)(F)F. The molecule has 5 heteroatoms. The Morgan fingerprint density at radius 1 is 1.42 bits per heavy atom. The second kappa shape index (κ2) is 6.83. The smallest absolute Gasteiger partial charge is 0.342 e. The van der Waals surface area contributed by atoms with E-state index in [1.54, 1.807) is 0 Å². The molecule has 0 aliphatic heterocycles. The van der Waals surface area contributed by atoms with Crippen molar-refractivity contribution in [3.05, 3.63) is 0 Å². The number of alkyl halides is 3. The van der Waals surface area contributed by atoms with Crippen LogP contribution in [0.5, 0.6) is 0 Å². The van der Waals surface area contributed by atoms with Crippen molar-refractivity contribution in [2.75, 3.05) is 0 Å². The predicted octanol–water partition coefficient (Wildman–Crippen LogP) is 3.27. The van der Waals surface area contributed by atoms with E-state index in [0.29, 0.717) is 25.7 Å². The van der Waals surface area contributed by atoms with Crippen molar-refractivity contribution in [3.63, 3.8) is 0 Å². The van der Waals surface area contributed by atoms with Crippen LogP contribution in [0.25, 0.3) is 0 Å². The zero-order valence-electron chi connectivity index (χ0n) is 11.1. The Hall–Kier alpha value is -1.18. The largest absolute Gasteiger partial charge is 0.392 e. The average molecular weight is 275 g/mol. The summed E-state index contributed by atoms with van der Waals surface area (Å²) in [6, 6.07) is -0.465. The third kappa shape index (κ3) is 4.45. The van der Waals surface area contributed by atoms with Crippen LogP contribution in [0, 0.1) is 24.2 Å². The number of carbonyl (C=O) groups is 1. The Morgan fingerprint density at radius 3 is 2.58 bits per heavy atom. The maximum atomic E-state index is 12.9. The van der Waals surface area contributed by atoms with Crippen LogP contribution in [0.15, 0.2) is 0 Å². The molecule has 19 heavy (non-hydrogen) atoms. The molecule has 0 spiro atoms. The molecule has 0 aromatic heterocycles. The molecule has 3 atom stereocenters. The van der Waals surface area contributed by atoms with Gasteiger partial charge in [-0.1, -0.05) is 32.1 Å². The third-order valence-electron chi connectivity index (χ3n) is 3.62. The molecular formula is C14H20F3NO. The van der Waals surface area contributed by atoms with E-state index in [9.17, 15) is 18.0 Å². The van der Waals surface area contributed by atoms with Crippen molar-refractivity contribution in [1.29, 1.82) is 0 Å². The summed E-state index contributed by atoms with van der Waals surface area (Å²) in [6.45, 7) is 1.91. The van der Waals surface area contributed by atoms with Crippen molar-refractivity contribution in [3.8, 4) is 12.3 Å². The molecular weight excluding hydrogens is 255 g/mol. The number of hydrogen-bond donors (Lipinski definition) is 1. The van der Waals surface area contributed by atoms with E-state index in [1.165, 1.54) is 0 Å². The molecule has 1 rings (SSSR count). The van der Waals surface area contributed by atoms with E-state index in [-0.39, 0.29) is 6.42 Å². The average Bonchev–Trinajstić information content (AvgIpc) is 2.37. The van der Waals surface area contributed by atoms with Crippen LogP contribution >= 0.6 is 0 Å². The number of nitrogens with one attached hydrogen (secondary N) is 1. The van der Waals surface area contributed by atoms with Gasteiger partial charge in [0.05, 0.1) is 12.0 Å². The minimum atomic E-state index is -4.31. The van der Waals surface area contributed by atoms with Gasteiger partial charge >= 0.3 is 6.18 Å². The Balaban J connectivity index is 2.70. The van der Waals surface area contributed by atoms with Crippen molar-refractivity contribution in [2.24, 2.45) is 11.8 Å². The summed E-state index contributed by atoms with van der Waals surface area (Å²) >= 11 is 0. The molecule has 1 saturated carbocycles. The Kier molecular flexibility index (Phi) is 5.71. The van der Waals surface area contributed by atoms with E-state index in [2.05, 4.69) is 11.2 Å². The highest BCUT2D eigenvalue weighted by Crippen LogP contribution is 2.41. The highest BCUT2D eigenvalue weighted by atomic mass is 19.4. The first-order chi connectivity index (χ1) is 8.90. The maximum Gasteiger partial charge on any atom is 0.392 e. The van der Waals surface area contributed by atoms with Gasteiger partial charge in [-0.15, -0.1) is 6.42 Å². The first-order valence-electron chi connectivity index (χ1n) is 6.73. The van der Waals surface area contributed by atoms with Gasteiger partial charge in [-0.3, -0.25) is 4.79 Å². The molecule has 108 valence electrons. The van der Waals surface area contributed by atoms with E-state index < -0.39 is 30.0 Å². The summed E-state index contributed by atoms with van der Waals surface area (Å²) in [6.07, 6.45) is 3.86. The van der Waals surface area contributed by atoms with Gasteiger partial charge < -0.3 is 5.32 Å². The molecule has 0 radical (unpaired) electrons. The molecule has 1 fully saturated rings. The van der Waals surface area contributed by atoms with Gasteiger partial charge in [-0.25, -0.2) is 0 Å². The molecule has 2 nitrogen and oxygen atoms in total. The van der Waals surface area contributed by atoms with Crippen molar-refractivity contribution < 1.29 is 18.0 Å². The van der Waals surface area contributed by atoms with Crippen LogP contribution in [-0.2, 0) is 4.79 Å². The number of carbonyl (C=O) groups excluding carboxylic acids is 1. The predicted molar refractivity (Wildman–Crippen MR) is 67.2 cm³/mol. The molecule has 0 aromatic rings. The lowest BCUT2D eigenvalue weighted by Crippen LogP contribution is -2.45. The van der Waals surface area contributed by atoms with E-state index in [4.69, 9.17) is 6.42 Å². The second-order valence-corrected chi connectivity index (χ2v) is 5.06. The lowest BCUT2D eigenvalue weighted by molar-refractivity contribution is -0.198.